The fourth-order valence-electron chi connectivity index (χ4n) is 2.23. The third-order valence-corrected chi connectivity index (χ3v) is 3.38. The maximum atomic E-state index is 12.0. The minimum atomic E-state index is -0.552. The van der Waals surface area contributed by atoms with Crippen LogP contribution in [0, 0.1) is 10.1 Å². The lowest BCUT2D eigenvalue weighted by molar-refractivity contribution is -0.384. The van der Waals surface area contributed by atoms with E-state index in [-0.39, 0.29) is 22.9 Å². The summed E-state index contributed by atoms with van der Waals surface area (Å²) in [6, 6.07) is 4.10. The zero-order chi connectivity index (χ0) is 17.2. The van der Waals surface area contributed by atoms with Gasteiger partial charge in [-0.15, -0.1) is 0 Å². The Morgan fingerprint density at radius 1 is 1.39 bits per heavy atom. The number of non-ortho nitro benzene ring substituents is 1. The molecule has 0 radical (unpaired) electrons. The molecule has 0 spiro atoms. The zero-order valence-corrected chi connectivity index (χ0v) is 14.0. The molecule has 0 aliphatic carbocycles. The summed E-state index contributed by atoms with van der Waals surface area (Å²) in [6.07, 6.45) is -0.0132. The molecule has 0 N–H and O–H groups in total. The standard InChI is InChI=1S/C15H19ClN2O5/c1-15(2,3)23-14(19)17-5-4-12(9-17)22-13-7-10(16)6-11(8-13)18(20)21/h6-8,12H,4-5,9H2,1-3H3. The van der Waals surface area contributed by atoms with Crippen molar-refractivity contribution in [3.05, 3.63) is 33.3 Å². The second kappa shape index (κ2) is 6.62. The van der Waals surface area contributed by atoms with Gasteiger partial charge >= 0.3 is 6.09 Å². The first kappa shape index (κ1) is 17.3. The number of benzene rings is 1. The van der Waals surface area contributed by atoms with Gasteiger partial charge in [-0.2, -0.15) is 0 Å². The molecule has 0 saturated carbocycles. The molecule has 0 aromatic heterocycles. The summed E-state index contributed by atoms with van der Waals surface area (Å²) in [5.41, 5.74) is -0.682. The Kier molecular flexibility index (Phi) is 4.99. The van der Waals surface area contributed by atoms with Gasteiger partial charge in [-0.05, 0) is 26.8 Å². The number of halogens is 1. The number of carbonyl (C=O) groups excluding carboxylic acids is 1. The number of hydrogen-bond donors (Lipinski definition) is 0. The first-order chi connectivity index (χ1) is 10.6. The van der Waals surface area contributed by atoms with Crippen LogP contribution in [0.4, 0.5) is 10.5 Å². The first-order valence-corrected chi connectivity index (χ1v) is 7.61. The highest BCUT2D eigenvalue weighted by Gasteiger charge is 2.31. The lowest BCUT2D eigenvalue weighted by Gasteiger charge is -2.24. The highest BCUT2D eigenvalue weighted by molar-refractivity contribution is 6.30. The summed E-state index contributed by atoms with van der Waals surface area (Å²) in [5.74, 6) is 0.320. The normalized spacial score (nSPS) is 17.9. The van der Waals surface area contributed by atoms with Crippen LogP contribution < -0.4 is 4.74 Å². The van der Waals surface area contributed by atoms with E-state index in [1.54, 1.807) is 25.7 Å². The molecule has 126 valence electrons. The Hall–Kier alpha value is -2.02. The fraction of sp³-hybridized carbons (Fsp3) is 0.533. The van der Waals surface area contributed by atoms with Gasteiger partial charge in [-0.25, -0.2) is 4.79 Å². The number of nitro benzene ring substituents is 1. The average Bonchev–Trinajstić information content (AvgIpc) is 2.84. The molecule has 1 saturated heterocycles. The van der Waals surface area contributed by atoms with Gasteiger partial charge in [0.15, 0.2) is 0 Å². The molecule has 1 aliphatic rings. The van der Waals surface area contributed by atoms with Gasteiger partial charge in [0, 0.05) is 19.0 Å². The molecule has 1 unspecified atom stereocenters. The predicted molar refractivity (Wildman–Crippen MR) is 84.9 cm³/mol. The molecule has 1 aromatic carbocycles. The Labute approximate surface area is 139 Å². The number of hydrogen-bond acceptors (Lipinski definition) is 5. The van der Waals surface area contributed by atoms with E-state index < -0.39 is 10.5 Å². The number of nitrogens with zero attached hydrogens (tertiary/aromatic N) is 2. The fourth-order valence-corrected chi connectivity index (χ4v) is 2.45. The number of likely N-dealkylation sites (tertiary alicyclic amines) is 1. The third-order valence-electron chi connectivity index (χ3n) is 3.17. The molecular weight excluding hydrogens is 324 g/mol. The van der Waals surface area contributed by atoms with Gasteiger partial charge in [-0.1, -0.05) is 11.6 Å². The minimum absolute atomic E-state index is 0.130. The average molecular weight is 343 g/mol. The van der Waals surface area contributed by atoms with Gasteiger partial charge in [-0.3, -0.25) is 10.1 Å². The molecule has 23 heavy (non-hydrogen) atoms. The van der Waals surface area contributed by atoms with Crippen molar-refractivity contribution < 1.29 is 19.2 Å². The van der Waals surface area contributed by atoms with Gasteiger partial charge in [0.25, 0.3) is 5.69 Å². The highest BCUT2D eigenvalue weighted by atomic mass is 35.5. The predicted octanol–water partition coefficient (Wildman–Crippen LogP) is 3.64. The van der Waals surface area contributed by atoms with Crippen molar-refractivity contribution in [2.45, 2.75) is 38.9 Å². The van der Waals surface area contributed by atoms with Gasteiger partial charge in [0.05, 0.1) is 22.6 Å². The van der Waals surface area contributed by atoms with Crippen molar-refractivity contribution in [2.24, 2.45) is 0 Å². The van der Waals surface area contributed by atoms with E-state index >= 15 is 0 Å². The lowest BCUT2D eigenvalue weighted by Crippen LogP contribution is -2.36. The van der Waals surface area contributed by atoms with Crippen LogP contribution in [0.5, 0.6) is 5.75 Å². The number of carbonyl (C=O) groups is 1. The van der Waals surface area contributed by atoms with Crippen LogP contribution in [-0.4, -0.2) is 40.7 Å². The highest BCUT2D eigenvalue weighted by Crippen LogP contribution is 2.28. The van der Waals surface area contributed by atoms with E-state index in [0.717, 1.165) is 0 Å². The van der Waals surface area contributed by atoms with Gasteiger partial charge in [0.2, 0.25) is 0 Å². The molecule has 0 bridgehead atoms. The number of rotatable bonds is 3. The lowest BCUT2D eigenvalue weighted by atomic mass is 10.2. The quantitative estimate of drug-likeness (QED) is 0.618. The van der Waals surface area contributed by atoms with Gasteiger partial charge in [0.1, 0.15) is 17.5 Å². The molecule has 8 heteroatoms. The molecule has 1 atom stereocenters. The zero-order valence-electron chi connectivity index (χ0n) is 13.2. The molecule has 1 heterocycles. The first-order valence-electron chi connectivity index (χ1n) is 7.23. The Morgan fingerprint density at radius 3 is 2.70 bits per heavy atom. The topological polar surface area (TPSA) is 81.9 Å². The molecule has 1 aromatic rings. The summed E-state index contributed by atoms with van der Waals surface area (Å²) in [7, 11) is 0. The molecule has 2 rings (SSSR count). The van der Waals surface area contributed by atoms with Crippen LogP contribution in [0.3, 0.4) is 0 Å². The van der Waals surface area contributed by atoms with E-state index in [9.17, 15) is 14.9 Å². The van der Waals surface area contributed by atoms with Crippen molar-refractivity contribution in [1.82, 2.24) is 4.90 Å². The number of ether oxygens (including phenoxy) is 2. The second-order valence-corrected chi connectivity index (χ2v) is 6.79. The van der Waals surface area contributed by atoms with Crippen molar-refractivity contribution in [1.29, 1.82) is 0 Å². The Morgan fingerprint density at radius 2 is 2.09 bits per heavy atom. The van der Waals surface area contributed by atoms with Crippen molar-refractivity contribution in [3.8, 4) is 5.75 Å². The second-order valence-electron chi connectivity index (χ2n) is 6.36. The number of nitro groups is 1. The van der Waals surface area contributed by atoms with E-state index in [1.807, 2.05) is 0 Å². The largest absolute Gasteiger partial charge is 0.488 e. The number of amides is 1. The van der Waals surface area contributed by atoms with Crippen molar-refractivity contribution >= 4 is 23.4 Å². The molecule has 1 aliphatic heterocycles. The van der Waals surface area contributed by atoms with Crippen LogP contribution in [0.2, 0.25) is 5.02 Å². The molecular formula is C15H19ClN2O5. The Bertz CT molecular complexity index is 614. The third kappa shape index (κ3) is 4.99. The maximum absolute atomic E-state index is 12.0. The van der Waals surface area contributed by atoms with E-state index in [2.05, 4.69) is 0 Å². The van der Waals surface area contributed by atoms with Crippen molar-refractivity contribution in [2.75, 3.05) is 13.1 Å². The summed E-state index contributed by atoms with van der Waals surface area (Å²) >= 11 is 5.86. The van der Waals surface area contributed by atoms with E-state index in [0.29, 0.717) is 25.3 Å². The van der Waals surface area contributed by atoms with Crippen LogP contribution >= 0.6 is 11.6 Å². The molecule has 7 nitrogen and oxygen atoms in total. The summed E-state index contributed by atoms with van der Waals surface area (Å²) in [6.45, 7) is 6.30. The summed E-state index contributed by atoms with van der Waals surface area (Å²) in [5, 5.41) is 11.1. The van der Waals surface area contributed by atoms with Crippen LogP contribution in [0.15, 0.2) is 18.2 Å². The van der Waals surface area contributed by atoms with Crippen LogP contribution in [0.25, 0.3) is 0 Å². The van der Waals surface area contributed by atoms with Crippen LogP contribution in [0.1, 0.15) is 27.2 Å². The van der Waals surface area contributed by atoms with Crippen LogP contribution in [-0.2, 0) is 4.74 Å². The maximum Gasteiger partial charge on any atom is 0.410 e. The summed E-state index contributed by atoms with van der Waals surface area (Å²) < 4.78 is 11.0. The minimum Gasteiger partial charge on any atom is -0.488 e. The SMILES string of the molecule is CC(C)(C)OC(=O)N1CCC(Oc2cc(Cl)cc([N+](=O)[O-])c2)C1. The molecule has 1 fully saturated rings. The van der Waals surface area contributed by atoms with E-state index in [1.165, 1.54) is 18.2 Å². The molecule has 1 amide bonds. The summed E-state index contributed by atoms with van der Waals surface area (Å²) in [4.78, 5) is 23.9. The smallest absolute Gasteiger partial charge is 0.410 e. The van der Waals surface area contributed by atoms with Gasteiger partial charge < -0.3 is 14.4 Å². The van der Waals surface area contributed by atoms with Crippen molar-refractivity contribution in [3.63, 3.8) is 0 Å². The van der Waals surface area contributed by atoms with E-state index in [4.69, 9.17) is 21.1 Å². The monoisotopic (exact) mass is 342 g/mol. The Balaban J connectivity index is 1.98.